The first-order chi connectivity index (χ1) is 9.06. The number of carboxylic acid groups (broad SMARTS) is 1. The Bertz CT molecular complexity index is 548. The number of carbonyl (C=O) groups excluding carboxylic acids is 1. The van der Waals surface area contributed by atoms with Crippen LogP contribution < -0.4 is 10.6 Å². The lowest BCUT2D eigenvalue weighted by molar-refractivity contribution is 0.1000. The van der Waals surface area contributed by atoms with Gasteiger partial charge in [0.05, 0.1) is 23.5 Å². The predicted molar refractivity (Wildman–Crippen MR) is 67.0 cm³/mol. The van der Waals surface area contributed by atoms with Crippen molar-refractivity contribution in [2.75, 3.05) is 18.0 Å². The van der Waals surface area contributed by atoms with Gasteiger partial charge < -0.3 is 20.6 Å². The molecule has 3 N–H and O–H groups in total. The summed E-state index contributed by atoms with van der Waals surface area (Å²) < 4.78 is 0. The first-order valence-electron chi connectivity index (χ1n) is 6.07. The van der Waals surface area contributed by atoms with Crippen molar-refractivity contribution in [2.24, 2.45) is 5.73 Å². The van der Waals surface area contributed by atoms with Crippen molar-refractivity contribution in [3.8, 4) is 0 Å². The first kappa shape index (κ1) is 11.8. The number of nitrogens with zero attached hydrogens (tertiary/aromatic N) is 3. The number of nitrogens with two attached hydrogens (primary N) is 1. The van der Waals surface area contributed by atoms with E-state index in [1.54, 1.807) is 12.3 Å². The summed E-state index contributed by atoms with van der Waals surface area (Å²) in [5.41, 5.74) is 6.43. The summed E-state index contributed by atoms with van der Waals surface area (Å²) in [5, 5.41) is 9.04. The normalized spacial score (nSPS) is 24.8. The van der Waals surface area contributed by atoms with E-state index in [2.05, 4.69) is 9.88 Å². The molecule has 2 aliphatic rings. The zero-order chi connectivity index (χ0) is 13.6. The lowest BCUT2D eigenvalue weighted by Crippen LogP contribution is -2.48. The van der Waals surface area contributed by atoms with Gasteiger partial charge in [-0.15, -0.1) is 0 Å². The van der Waals surface area contributed by atoms with Crippen molar-refractivity contribution in [2.45, 2.75) is 18.5 Å². The van der Waals surface area contributed by atoms with Gasteiger partial charge >= 0.3 is 6.09 Å². The SMILES string of the molecule is NC(=O)c1cncc(N2C[C@H]3C[C@@H]2CN3C(=O)O)c1. The van der Waals surface area contributed by atoms with Crippen LogP contribution in [0.5, 0.6) is 0 Å². The van der Waals surface area contributed by atoms with Crippen LogP contribution in [-0.2, 0) is 0 Å². The second-order valence-electron chi connectivity index (χ2n) is 4.93. The van der Waals surface area contributed by atoms with E-state index in [0.717, 1.165) is 12.1 Å². The van der Waals surface area contributed by atoms with E-state index in [1.165, 1.54) is 11.1 Å². The number of amides is 2. The molecule has 2 amide bonds. The Morgan fingerprint density at radius 2 is 2.11 bits per heavy atom. The maximum atomic E-state index is 11.1. The molecular weight excluding hydrogens is 248 g/mol. The number of anilines is 1. The maximum Gasteiger partial charge on any atom is 0.407 e. The lowest BCUT2D eigenvalue weighted by atomic mass is 10.2. The topological polar surface area (TPSA) is 99.8 Å². The molecule has 1 aromatic heterocycles. The summed E-state index contributed by atoms with van der Waals surface area (Å²) in [4.78, 5) is 29.8. The van der Waals surface area contributed by atoms with Crippen molar-refractivity contribution in [3.63, 3.8) is 0 Å². The molecule has 0 aliphatic carbocycles. The molecule has 100 valence electrons. The minimum Gasteiger partial charge on any atom is -0.465 e. The molecule has 2 aliphatic heterocycles. The number of fused-ring (bicyclic) bond motifs is 2. The number of rotatable bonds is 2. The molecule has 0 radical (unpaired) electrons. The fourth-order valence-electron chi connectivity index (χ4n) is 2.94. The predicted octanol–water partition coefficient (Wildman–Crippen LogP) is 0.121. The van der Waals surface area contributed by atoms with Crippen LogP contribution >= 0.6 is 0 Å². The molecule has 2 fully saturated rings. The van der Waals surface area contributed by atoms with Gasteiger partial charge in [-0.05, 0) is 12.5 Å². The van der Waals surface area contributed by atoms with Gasteiger partial charge in [-0.2, -0.15) is 0 Å². The number of primary amides is 1. The van der Waals surface area contributed by atoms with Crippen molar-refractivity contribution in [1.82, 2.24) is 9.88 Å². The zero-order valence-corrected chi connectivity index (χ0v) is 10.2. The third-order valence-corrected chi connectivity index (χ3v) is 3.83. The second kappa shape index (κ2) is 4.11. The lowest BCUT2D eigenvalue weighted by Gasteiger charge is -2.34. The third-order valence-electron chi connectivity index (χ3n) is 3.83. The van der Waals surface area contributed by atoms with Crippen LogP contribution in [0.4, 0.5) is 10.5 Å². The van der Waals surface area contributed by atoms with Crippen molar-refractivity contribution in [3.05, 3.63) is 24.0 Å². The molecule has 2 bridgehead atoms. The highest BCUT2D eigenvalue weighted by Gasteiger charge is 2.45. The molecule has 0 spiro atoms. The van der Waals surface area contributed by atoms with Crippen LogP contribution in [0.15, 0.2) is 18.5 Å². The number of pyridine rings is 1. The van der Waals surface area contributed by atoms with Crippen molar-refractivity contribution in [1.29, 1.82) is 0 Å². The molecule has 19 heavy (non-hydrogen) atoms. The van der Waals surface area contributed by atoms with Crippen LogP contribution in [0.3, 0.4) is 0 Å². The molecule has 7 nitrogen and oxygen atoms in total. The Labute approximate surface area is 109 Å². The number of likely N-dealkylation sites (tertiary alicyclic amines) is 1. The van der Waals surface area contributed by atoms with Crippen molar-refractivity contribution >= 4 is 17.7 Å². The molecule has 3 rings (SSSR count). The average Bonchev–Trinajstić information content (AvgIpc) is 2.98. The Morgan fingerprint density at radius 1 is 1.32 bits per heavy atom. The van der Waals surface area contributed by atoms with E-state index in [0.29, 0.717) is 18.7 Å². The highest BCUT2D eigenvalue weighted by Crippen LogP contribution is 2.34. The van der Waals surface area contributed by atoms with Gasteiger partial charge in [0.25, 0.3) is 0 Å². The van der Waals surface area contributed by atoms with E-state index >= 15 is 0 Å². The highest BCUT2D eigenvalue weighted by atomic mass is 16.4. The summed E-state index contributed by atoms with van der Waals surface area (Å²) in [7, 11) is 0. The summed E-state index contributed by atoms with van der Waals surface area (Å²) in [6, 6.07) is 1.90. The van der Waals surface area contributed by atoms with Gasteiger partial charge in [0.2, 0.25) is 5.91 Å². The fraction of sp³-hybridized carbons (Fsp3) is 0.417. The van der Waals surface area contributed by atoms with Crippen LogP contribution in [0.2, 0.25) is 0 Å². The molecule has 2 saturated heterocycles. The Balaban J connectivity index is 1.81. The molecule has 0 aromatic carbocycles. The average molecular weight is 262 g/mol. The molecule has 0 saturated carbocycles. The van der Waals surface area contributed by atoms with Gasteiger partial charge in [0.15, 0.2) is 0 Å². The molecule has 7 heteroatoms. The number of aromatic nitrogens is 1. The Morgan fingerprint density at radius 3 is 2.68 bits per heavy atom. The van der Waals surface area contributed by atoms with Crippen LogP contribution in [0, 0.1) is 0 Å². The minimum atomic E-state index is -0.865. The maximum absolute atomic E-state index is 11.1. The minimum absolute atomic E-state index is 0.0275. The quantitative estimate of drug-likeness (QED) is 0.788. The summed E-state index contributed by atoms with van der Waals surface area (Å²) in [5.74, 6) is -0.508. The largest absolute Gasteiger partial charge is 0.465 e. The van der Waals surface area contributed by atoms with Gasteiger partial charge in [-0.1, -0.05) is 0 Å². The second-order valence-corrected chi connectivity index (χ2v) is 4.93. The summed E-state index contributed by atoms with van der Waals surface area (Å²) in [6.07, 6.45) is 3.07. The summed E-state index contributed by atoms with van der Waals surface area (Å²) >= 11 is 0. The number of hydrogen-bond donors (Lipinski definition) is 2. The Hall–Kier alpha value is -2.31. The third kappa shape index (κ3) is 1.87. The Kier molecular flexibility index (Phi) is 2.55. The monoisotopic (exact) mass is 262 g/mol. The van der Waals surface area contributed by atoms with Crippen LogP contribution in [-0.4, -0.2) is 52.2 Å². The number of piperazine rings is 1. The molecule has 1 aromatic rings. The van der Waals surface area contributed by atoms with E-state index in [1.807, 2.05) is 0 Å². The van der Waals surface area contributed by atoms with Crippen LogP contribution in [0.1, 0.15) is 16.8 Å². The van der Waals surface area contributed by atoms with Crippen molar-refractivity contribution < 1.29 is 14.7 Å². The molecule has 0 unspecified atom stereocenters. The molecule has 3 heterocycles. The van der Waals surface area contributed by atoms with E-state index < -0.39 is 12.0 Å². The zero-order valence-electron chi connectivity index (χ0n) is 10.2. The molecule has 2 atom stereocenters. The number of hydrogen-bond acceptors (Lipinski definition) is 4. The standard InChI is InChI=1S/C12H14N4O3/c13-11(17)7-1-8(4-14-3-7)15-5-10-2-9(15)6-16(10)12(18)19/h1,3-4,9-10H,2,5-6H2,(H2,13,17)(H,18,19)/t9-,10-/m1/s1. The highest BCUT2D eigenvalue weighted by molar-refractivity contribution is 5.93. The molecular formula is C12H14N4O3. The smallest absolute Gasteiger partial charge is 0.407 e. The van der Waals surface area contributed by atoms with Crippen LogP contribution in [0.25, 0.3) is 0 Å². The van der Waals surface area contributed by atoms with Gasteiger partial charge in [0, 0.05) is 25.3 Å². The van der Waals surface area contributed by atoms with E-state index in [4.69, 9.17) is 10.8 Å². The van der Waals surface area contributed by atoms with Gasteiger partial charge in [-0.3, -0.25) is 9.78 Å². The first-order valence-corrected chi connectivity index (χ1v) is 6.07. The van der Waals surface area contributed by atoms with Gasteiger partial charge in [0.1, 0.15) is 0 Å². The van der Waals surface area contributed by atoms with Gasteiger partial charge in [-0.25, -0.2) is 4.79 Å². The number of carbonyl (C=O) groups is 2. The van der Waals surface area contributed by atoms with E-state index in [-0.39, 0.29) is 12.1 Å². The summed E-state index contributed by atoms with van der Waals surface area (Å²) in [6.45, 7) is 1.14. The fourth-order valence-corrected chi connectivity index (χ4v) is 2.94. The van der Waals surface area contributed by atoms with E-state index in [9.17, 15) is 9.59 Å².